The zero-order valence-electron chi connectivity index (χ0n) is 18.2. The first-order valence-electron chi connectivity index (χ1n) is 11.5. The highest BCUT2D eigenvalue weighted by atomic mass is 16.3. The molecule has 6 heteroatoms. The number of furan rings is 1. The predicted molar refractivity (Wildman–Crippen MR) is 117 cm³/mol. The molecule has 1 aliphatic carbocycles. The van der Waals surface area contributed by atoms with Crippen LogP contribution in [0.4, 0.5) is 0 Å². The molecule has 2 atom stereocenters. The minimum absolute atomic E-state index is 0.328. The normalized spacial score (nSPS) is 20.9. The minimum Gasteiger partial charge on any atom is -0.469 e. The number of nitrogens with zero attached hydrogens (tertiary/aromatic N) is 2. The van der Waals surface area contributed by atoms with Gasteiger partial charge in [-0.25, -0.2) is 0 Å². The average molecular weight is 403 g/mol. The molecule has 2 unspecified atom stereocenters. The molecule has 1 aliphatic heterocycles. The molecule has 162 valence electrons. The maximum atomic E-state index is 12.2. The number of aliphatic imine (C=N–C) groups is 1. The van der Waals surface area contributed by atoms with Crippen LogP contribution >= 0.6 is 0 Å². The van der Waals surface area contributed by atoms with E-state index in [4.69, 9.17) is 9.41 Å². The lowest BCUT2D eigenvalue weighted by atomic mass is 10.00. The Balaban J connectivity index is 1.49. The van der Waals surface area contributed by atoms with E-state index in [1.165, 1.54) is 32.1 Å². The Morgan fingerprint density at radius 3 is 2.90 bits per heavy atom. The van der Waals surface area contributed by atoms with Gasteiger partial charge in [0.2, 0.25) is 5.91 Å². The Labute approximate surface area is 175 Å². The van der Waals surface area contributed by atoms with Crippen LogP contribution in [0, 0.1) is 11.8 Å². The van der Waals surface area contributed by atoms with Gasteiger partial charge in [-0.1, -0.05) is 33.1 Å². The number of nitrogens with one attached hydrogen (secondary N) is 2. The van der Waals surface area contributed by atoms with Crippen LogP contribution in [-0.4, -0.2) is 49.0 Å². The van der Waals surface area contributed by atoms with Crippen LogP contribution in [0.1, 0.15) is 64.6 Å². The average Bonchev–Trinajstić information content (AvgIpc) is 3.30. The Bertz CT molecular complexity index is 639. The fourth-order valence-corrected chi connectivity index (χ4v) is 4.00. The molecule has 29 heavy (non-hydrogen) atoms. The van der Waals surface area contributed by atoms with Crippen molar-refractivity contribution >= 4 is 11.9 Å². The van der Waals surface area contributed by atoms with Crippen LogP contribution in [0.5, 0.6) is 0 Å². The van der Waals surface area contributed by atoms with Crippen molar-refractivity contribution in [3.8, 4) is 0 Å². The molecule has 0 spiro atoms. The van der Waals surface area contributed by atoms with E-state index >= 15 is 0 Å². The lowest BCUT2D eigenvalue weighted by Crippen LogP contribution is -2.41. The second-order valence-electron chi connectivity index (χ2n) is 8.59. The van der Waals surface area contributed by atoms with E-state index in [-0.39, 0.29) is 0 Å². The minimum atomic E-state index is 0.328. The number of carbonyl (C=O) groups excluding carboxylic acids is 1. The molecule has 2 N–H and O–H groups in total. The lowest BCUT2D eigenvalue weighted by Gasteiger charge is -2.18. The number of likely N-dealkylation sites (tertiary alicyclic amines) is 1. The standard InChI is InChI=1S/C23H38N4O2/c1-3-5-7-18(4-2)15-25-23(24-12-11-21-8-6-13-29-21)26-16-19-14-22(28)27(17-19)20-9-10-20/h6,8,13,18-20H,3-5,7,9-12,14-17H2,1-2H3,(H2,24,25,26). The van der Waals surface area contributed by atoms with Crippen LogP contribution in [-0.2, 0) is 11.2 Å². The summed E-state index contributed by atoms with van der Waals surface area (Å²) in [5.41, 5.74) is 0. The molecule has 2 fully saturated rings. The van der Waals surface area contributed by atoms with Crippen LogP contribution in [0.3, 0.4) is 0 Å². The van der Waals surface area contributed by atoms with Crippen LogP contribution in [0.25, 0.3) is 0 Å². The molecule has 1 saturated carbocycles. The van der Waals surface area contributed by atoms with Gasteiger partial charge in [0.15, 0.2) is 5.96 Å². The summed E-state index contributed by atoms with van der Waals surface area (Å²) in [6, 6.07) is 4.45. The Morgan fingerprint density at radius 2 is 2.21 bits per heavy atom. The number of hydrogen-bond donors (Lipinski definition) is 2. The van der Waals surface area contributed by atoms with Gasteiger partial charge in [0.1, 0.15) is 5.76 Å². The van der Waals surface area contributed by atoms with Gasteiger partial charge in [-0.15, -0.1) is 0 Å². The largest absolute Gasteiger partial charge is 0.469 e. The van der Waals surface area contributed by atoms with E-state index in [2.05, 4.69) is 29.4 Å². The third-order valence-electron chi connectivity index (χ3n) is 6.08. The molecule has 2 heterocycles. The van der Waals surface area contributed by atoms with Gasteiger partial charge in [-0.05, 0) is 37.3 Å². The van der Waals surface area contributed by atoms with Crippen molar-refractivity contribution in [2.75, 3.05) is 26.2 Å². The van der Waals surface area contributed by atoms with Crippen molar-refractivity contribution in [2.24, 2.45) is 16.8 Å². The molecular formula is C23H38N4O2. The van der Waals surface area contributed by atoms with Gasteiger partial charge in [0.25, 0.3) is 0 Å². The third kappa shape index (κ3) is 7.09. The Kier molecular flexibility index (Phi) is 8.44. The summed E-state index contributed by atoms with van der Waals surface area (Å²) in [5.74, 6) is 3.19. The van der Waals surface area contributed by atoms with E-state index in [0.717, 1.165) is 50.7 Å². The summed E-state index contributed by atoms with van der Waals surface area (Å²) in [6.45, 7) is 7.82. The first-order chi connectivity index (χ1) is 14.2. The number of guanidine groups is 1. The summed E-state index contributed by atoms with van der Waals surface area (Å²) in [5, 5.41) is 6.96. The summed E-state index contributed by atoms with van der Waals surface area (Å²) in [6.07, 6.45) is 10.5. The number of rotatable bonds is 12. The second kappa shape index (κ2) is 11.3. The fraction of sp³-hybridized carbons (Fsp3) is 0.739. The van der Waals surface area contributed by atoms with E-state index in [0.29, 0.717) is 30.2 Å². The number of carbonyl (C=O) groups is 1. The first kappa shape index (κ1) is 21.7. The Morgan fingerprint density at radius 1 is 1.34 bits per heavy atom. The smallest absolute Gasteiger partial charge is 0.223 e. The van der Waals surface area contributed by atoms with E-state index in [1.807, 2.05) is 12.1 Å². The van der Waals surface area contributed by atoms with Gasteiger partial charge in [0, 0.05) is 51.0 Å². The van der Waals surface area contributed by atoms with Gasteiger partial charge in [-0.3, -0.25) is 9.79 Å². The monoisotopic (exact) mass is 402 g/mol. The molecule has 3 rings (SSSR count). The molecule has 1 saturated heterocycles. The molecule has 0 radical (unpaired) electrons. The zero-order valence-corrected chi connectivity index (χ0v) is 18.2. The van der Waals surface area contributed by atoms with Crippen molar-refractivity contribution in [3.63, 3.8) is 0 Å². The second-order valence-corrected chi connectivity index (χ2v) is 8.59. The quantitative estimate of drug-likeness (QED) is 0.414. The Hall–Kier alpha value is -1.98. The van der Waals surface area contributed by atoms with Gasteiger partial charge in [0.05, 0.1) is 6.26 Å². The van der Waals surface area contributed by atoms with Crippen molar-refractivity contribution < 1.29 is 9.21 Å². The van der Waals surface area contributed by atoms with E-state index < -0.39 is 0 Å². The van der Waals surface area contributed by atoms with Crippen LogP contribution < -0.4 is 10.6 Å². The van der Waals surface area contributed by atoms with Crippen molar-refractivity contribution in [1.29, 1.82) is 0 Å². The molecule has 0 bridgehead atoms. The predicted octanol–water partition coefficient (Wildman–Crippen LogP) is 3.58. The molecule has 1 aromatic heterocycles. The number of unbranched alkanes of at least 4 members (excludes halogenated alkanes) is 1. The third-order valence-corrected chi connectivity index (χ3v) is 6.08. The summed E-state index contributed by atoms with van der Waals surface area (Å²) < 4.78 is 5.43. The van der Waals surface area contributed by atoms with E-state index in [1.54, 1.807) is 6.26 Å². The van der Waals surface area contributed by atoms with Crippen molar-refractivity contribution in [1.82, 2.24) is 15.5 Å². The molecule has 0 aromatic carbocycles. The molecule has 2 aliphatic rings. The fourth-order valence-electron chi connectivity index (χ4n) is 4.00. The lowest BCUT2D eigenvalue weighted by molar-refractivity contribution is -0.128. The van der Waals surface area contributed by atoms with Crippen molar-refractivity contribution in [3.05, 3.63) is 24.2 Å². The molecule has 1 amide bonds. The van der Waals surface area contributed by atoms with Crippen LogP contribution in [0.2, 0.25) is 0 Å². The highest BCUT2D eigenvalue weighted by Crippen LogP contribution is 2.32. The van der Waals surface area contributed by atoms with E-state index in [9.17, 15) is 4.79 Å². The van der Waals surface area contributed by atoms with Crippen molar-refractivity contribution in [2.45, 2.75) is 71.3 Å². The highest BCUT2D eigenvalue weighted by molar-refractivity contribution is 5.81. The summed E-state index contributed by atoms with van der Waals surface area (Å²) in [4.78, 5) is 19.2. The maximum Gasteiger partial charge on any atom is 0.223 e. The summed E-state index contributed by atoms with van der Waals surface area (Å²) >= 11 is 0. The maximum absolute atomic E-state index is 12.2. The first-order valence-corrected chi connectivity index (χ1v) is 11.5. The van der Waals surface area contributed by atoms with Gasteiger partial charge in [-0.2, -0.15) is 0 Å². The number of hydrogen-bond acceptors (Lipinski definition) is 3. The topological polar surface area (TPSA) is 69.9 Å². The van der Waals surface area contributed by atoms with Crippen LogP contribution in [0.15, 0.2) is 27.8 Å². The zero-order chi connectivity index (χ0) is 20.5. The van der Waals surface area contributed by atoms with Gasteiger partial charge < -0.3 is 20.0 Å². The molecule has 6 nitrogen and oxygen atoms in total. The van der Waals surface area contributed by atoms with Gasteiger partial charge >= 0.3 is 0 Å². The number of amides is 1. The molecular weight excluding hydrogens is 364 g/mol. The highest BCUT2D eigenvalue weighted by Gasteiger charge is 2.39. The SMILES string of the molecule is CCCCC(CC)CN=C(NCCc1ccco1)NCC1CC(=O)N(C2CC2)C1. The molecule has 1 aromatic rings. The summed E-state index contributed by atoms with van der Waals surface area (Å²) in [7, 11) is 0.